The van der Waals surface area contributed by atoms with Crippen molar-refractivity contribution in [3.63, 3.8) is 0 Å². The molecule has 1 amide bonds. The standard InChI is InChI=1S/C13H13N3O8/c1-7(17)2-3-11(13(19)20)14-12(18)8-4-9(15(21)22)6-10(5-8)16(23)24/h4-6,11H,2-3H2,1H3,(H,14,18)(H,19,20)/t11-/m1/s1. The molecule has 0 saturated carbocycles. The zero-order valence-corrected chi connectivity index (χ0v) is 12.4. The van der Waals surface area contributed by atoms with Crippen molar-refractivity contribution in [2.75, 3.05) is 0 Å². The van der Waals surface area contributed by atoms with Crippen molar-refractivity contribution in [3.8, 4) is 0 Å². The number of benzene rings is 1. The van der Waals surface area contributed by atoms with Gasteiger partial charge in [-0.3, -0.25) is 25.0 Å². The number of nitrogens with one attached hydrogen (secondary N) is 1. The number of carboxylic acids is 1. The molecule has 0 saturated heterocycles. The molecule has 0 bridgehead atoms. The first-order valence-corrected chi connectivity index (χ1v) is 6.58. The van der Waals surface area contributed by atoms with E-state index in [1.54, 1.807) is 0 Å². The zero-order valence-electron chi connectivity index (χ0n) is 12.4. The quantitative estimate of drug-likeness (QED) is 0.522. The molecule has 0 aliphatic rings. The van der Waals surface area contributed by atoms with Crippen LogP contribution in [0.5, 0.6) is 0 Å². The van der Waals surface area contributed by atoms with E-state index >= 15 is 0 Å². The summed E-state index contributed by atoms with van der Waals surface area (Å²) in [7, 11) is 0. The van der Waals surface area contributed by atoms with E-state index in [1.165, 1.54) is 6.92 Å². The average molecular weight is 339 g/mol. The summed E-state index contributed by atoms with van der Waals surface area (Å²) < 4.78 is 0. The second-order valence-corrected chi connectivity index (χ2v) is 4.86. The molecular weight excluding hydrogens is 326 g/mol. The van der Waals surface area contributed by atoms with Crippen LogP contribution < -0.4 is 5.32 Å². The topological polar surface area (TPSA) is 170 Å². The second-order valence-electron chi connectivity index (χ2n) is 4.86. The molecule has 0 radical (unpaired) electrons. The number of rotatable bonds is 8. The lowest BCUT2D eigenvalue weighted by molar-refractivity contribution is -0.394. The van der Waals surface area contributed by atoms with Gasteiger partial charge in [0.25, 0.3) is 17.3 Å². The predicted octanol–water partition coefficient (Wildman–Crippen LogP) is 1.06. The Bertz CT molecular complexity index is 683. The van der Waals surface area contributed by atoms with Crippen molar-refractivity contribution in [2.24, 2.45) is 0 Å². The fourth-order valence-electron chi connectivity index (χ4n) is 1.78. The van der Waals surface area contributed by atoms with Gasteiger partial charge in [0.1, 0.15) is 11.8 Å². The van der Waals surface area contributed by atoms with Gasteiger partial charge in [-0.05, 0) is 13.3 Å². The molecule has 11 nitrogen and oxygen atoms in total. The molecule has 0 aromatic heterocycles. The minimum atomic E-state index is -1.40. The number of Topliss-reactive ketones (excluding diaryl/α,β-unsaturated/α-hetero) is 1. The molecule has 1 aromatic carbocycles. The first kappa shape index (κ1) is 18.7. The Hall–Kier alpha value is -3.37. The van der Waals surface area contributed by atoms with Crippen LogP contribution in [0.2, 0.25) is 0 Å². The molecular formula is C13H13N3O8. The highest BCUT2D eigenvalue weighted by atomic mass is 16.6. The van der Waals surface area contributed by atoms with Gasteiger partial charge in [0.2, 0.25) is 0 Å². The average Bonchev–Trinajstić information content (AvgIpc) is 2.49. The van der Waals surface area contributed by atoms with Crippen molar-refractivity contribution in [2.45, 2.75) is 25.8 Å². The first-order chi connectivity index (χ1) is 11.1. The van der Waals surface area contributed by atoms with Crippen LogP contribution in [-0.2, 0) is 9.59 Å². The smallest absolute Gasteiger partial charge is 0.326 e. The fourth-order valence-corrected chi connectivity index (χ4v) is 1.78. The number of aliphatic carboxylic acids is 1. The molecule has 24 heavy (non-hydrogen) atoms. The van der Waals surface area contributed by atoms with Crippen LogP contribution in [0, 0.1) is 20.2 Å². The maximum absolute atomic E-state index is 12.0. The van der Waals surface area contributed by atoms with E-state index in [2.05, 4.69) is 5.32 Å². The summed E-state index contributed by atoms with van der Waals surface area (Å²) in [5, 5.41) is 32.7. The molecule has 0 heterocycles. The molecule has 0 fully saturated rings. The van der Waals surface area contributed by atoms with Crippen LogP contribution >= 0.6 is 0 Å². The fraction of sp³-hybridized carbons (Fsp3) is 0.308. The summed E-state index contributed by atoms with van der Waals surface area (Å²) in [5.74, 6) is -2.70. The highest BCUT2D eigenvalue weighted by Gasteiger charge is 2.24. The van der Waals surface area contributed by atoms with Crippen LogP contribution in [0.4, 0.5) is 11.4 Å². The van der Waals surface area contributed by atoms with E-state index in [-0.39, 0.29) is 18.6 Å². The zero-order chi connectivity index (χ0) is 18.4. The molecule has 0 aliphatic heterocycles. The summed E-state index contributed by atoms with van der Waals surface area (Å²) >= 11 is 0. The highest BCUT2D eigenvalue weighted by molar-refractivity contribution is 5.97. The van der Waals surface area contributed by atoms with E-state index in [9.17, 15) is 34.6 Å². The summed E-state index contributed by atoms with van der Waals surface area (Å²) in [6, 6.07) is 0.874. The summed E-state index contributed by atoms with van der Waals surface area (Å²) in [4.78, 5) is 53.8. The van der Waals surface area contributed by atoms with Crippen LogP contribution in [-0.4, -0.2) is 38.7 Å². The van der Waals surface area contributed by atoms with Crippen LogP contribution in [0.1, 0.15) is 30.1 Å². The molecule has 11 heteroatoms. The van der Waals surface area contributed by atoms with Gasteiger partial charge in [0.05, 0.1) is 21.5 Å². The second kappa shape index (κ2) is 7.76. The van der Waals surface area contributed by atoms with Gasteiger partial charge in [-0.2, -0.15) is 0 Å². The largest absolute Gasteiger partial charge is 0.480 e. The number of nitro groups is 2. The predicted molar refractivity (Wildman–Crippen MR) is 78.6 cm³/mol. The number of ketones is 1. The van der Waals surface area contributed by atoms with Crippen molar-refractivity contribution in [3.05, 3.63) is 44.0 Å². The number of nitrogens with zero attached hydrogens (tertiary/aromatic N) is 2. The number of nitro benzene ring substituents is 2. The van der Waals surface area contributed by atoms with Gasteiger partial charge in [-0.25, -0.2) is 4.79 Å². The van der Waals surface area contributed by atoms with Gasteiger partial charge in [-0.1, -0.05) is 0 Å². The Balaban J connectivity index is 3.08. The number of hydrogen-bond donors (Lipinski definition) is 2. The third kappa shape index (κ3) is 5.12. The molecule has 2 N–H and O–H groups in total. The lowest BCUT2D eigenvalue weighted by Crippen LogP contribution is -2.41. The highest BCUT2D eigenvalue weighted by Crippen LogP contribution is 2.22. The molecule has 0 unspecified atom stereocenters. The first-order valence-electron chi connectivity index (χ1n) is 6.58. The summed E-state index contributed by atoms with van der Waals surface area (Å²) in [6.45, 7) is 1.25. The van der Waals surface area contributed by atoms with Gasteiger partial charge in [0, 0.05) is 18.6 Å². The third-order valence-corrected chi connectivity index (χ3v) is 2.97. The Morgan fingerprint density at radius 3 is 2.00 bits per heavy atom. The summed E-state index contributed by atoms with van der Waals surface area (Å²) in [5.41, 5.74) is -1.78. The minimum Gasteiger partial charge on any atom is -0.480 e. The third-order valence-electron chi connectivity index (χ3n) is 2.97. The van der Waals surface area contributed by atoms with Crippen LogP contribution in [0.3, 0.4) is 0 Å². The number of hydrogen-bond acceptors (Lipinski definition) is 7. The summed E-state index contributed by atoms with van der Waals surface area (Å²) in [6.07, 6.45) is -0.264. The molecule has 1 aromatic rings. The van der Waals surface area contributed by atoms with Gasteiger partial charge in [0.15, 0.2) is 0 Å². The SMILES string of the molecule is CC(=O)CC[C@@H](NC(=O)c1cc([N+](=O)[O-])cc([N+](=O)[O-])c1)C(=O)O. The van der Waals surface area contributed by atoms with Crippen molar-refractivity contribution in [1.82, 2.24) is 5.32 Å². The molecule has 0 spiro atoms. The van der Waals surface area contributed by atoms with E-state index < -0.39 is 44.7 Å². The Morgan fingerprint density at radius 2 is 1.62 bits per heavy atom. The van der Waals surface area contributed by atoms with Crippen molar-refractivity contribution < 1.29 is 29.3 Å². The number of carboxylic acid groups (broad SMARTS) is 1. The van der Waals surface area contributed by atoms with Gasteiger partial charge < -0.3 is 15.2 Å². The monoisotopic (exact) mass is 339 g/mol. The molecule has 1 rings (SSSR count). The Morgan fingerprint density at radius 1 is 1.12 bits per heavy atom. The lowest BCUT2D eigenvalue weighted by Gasteiger charge is -2.13. The van der Waals surface area contributed by atoms with Gasteiger partial charge >= 0.3 is 5.97 Å². The molecule has 128 valence electrons. The normalized spacial score (nSPS) is 11.4. The van der Waals surface area contributed by atoms with E-state index in [0.29, 0.717) is 6.07 Å². The number of carbonyl (C=O) groups is 3. The van der Waals surface area contributed by atoms with Crippen LogP contribution in [0.15, 0.2) is 18.2 Å². The van der Waals surface area contributed by atoms with Gasteiger partial charge in [-0.15, -0.1) is 0 Å². The molecule has 0 aliphatic carbocycles. The Kier molecular flexibility index (Phi) is 6.04. The minimum absolute atomic E-state index is 0.0909. The number of carbonyl (C=O) groups excluding carboxylic acids is 2. The Labute approximate surface area is 134 Å². The maximum atomic E-state index is 12.0. The number of amides is 1. The number of non-ortho nitro benzene ring substituents is 2. The van der Waals surface area contributed by atoms with Crippen molar-refractivity contribution in [1.29, 1.82) is 0 Å². The van der Waals surface area contributed by atoms with E-state index in [4.69, 9.17) is 5.11 Å². The van der Waals surface area contributed by atoms with Crippen LogP contribution in [0.25, 0.3) is 0 Å². The maximum Gasteiger partial charge on any atom is 0.326 e. The van der Waals surface area contributed by atoms with E-state index in [1.807, 2.05) is 0 Å². The molecule has 1 atom stereocenters. The van der Waals surface area contributed by atoms with E-state index in [0.717, 1.165) is 12.1 Å². The lowest BCUT2D eigenvalue weighted by atomic mass is 10.1. The van der Waals surface area contributed by atoms with Crippen molar-refractivity contribution >= 4 is 29.0 Å².